The molecule has 0 aliphatic rings. The van der Waals surface area contributed by atoms with E-state index < -0.39 is 0 Å². The van der Waals surface area contributed by atoms with Crippen LogP contribution in [0.5, 0.6) is 0 Å². The average Bonchev–Trinajstić information content (AvgIpc) is 2.91. The fraction of sp³-hybridized carbons (Fsp3) is 0.200. The number of aryl methyl sites for hydroxylation is 1. The number of rotatable bonds is 6. The Kier molecular flexibility index (Phi) is 4.87. The van der Waals surface area contributed by atoms with Crippen molar-refractivity contribution in [3.8, 4) is 5.69 Å². The van der Waals surface area contributed by atoms with E-state index in [1.54, 1.807) is 12.4 Å². The van der Waals surface area contributed by atoms with Gasteiger partial charge in [0.25, 0.3) is 0 Å². The monoisotopic (exact) mass is 319 g/mol. The van der Waals surface area contributed by atoms with Crippen molar-refractivity contribution >= 4 is 5.78 Å². The van der Waals surface area contributed by atoms with Crippen molar-refractivity contribution in [2.45, 2.75) is 20.4 Å². The van der Waals surface area contributed by atoms with Crippen molar-refractivity contribution in [1.82, 2.24) is 14.9 Å². The number of Topliss-reactive ketones (excluding diaryl/α,β-unsaturated/α-hetero) is 1. The molecule has 0 unspecified atom stereocenters. The zero-order valence-electron chi connectivity index (χ0n) is 14.0. The summed E-state index contributed by atoms with van der Waals surface area (Å²) in [6.07, 6.45) is 3.55. The highest BCUT2D eigenvalue weighted by atomic mass is 16.1. The van der Waals surface area contributed by atoms with E-state index in [4.69, 9.17) is 0 Å². The highest BCUT2D eigenvalue weighted by molar-refractivity contribution is 5.99. The maximum absolute atomic E-state index is 12.6. The van der Waals surface area contributed by atoms with Crippen LogP contribution in [0, 0.1) is 13.8 Å². The van der Waals surface area contributed by atoms with Gasteiger partial charge in [0.15, 0.2) is 5.78 Å². The van der Waals surface area contributed by atoms with Gasteiger partial charge in [0.05, 0.1) is 6.54 Å². The van der Waals surface area contributed by atoms with E-state index in [1.807, 2.05) is 50.2 Å². The summed E-state index contributed by atoms with van der Waals surface area (Å²) in [7, 11) is 0. The summed E-state index contributed by atoms with van der Waals surface area (Å²) in [5, 5.41) is 3.20. The van der Waals surface area contributed by atoms with Gasteiger partial charge in [-0.25, -0.2) is 0 Å². The predicted octanol–water partition coefficient (Wildman–Crippen LogP) is 3.46. The second kappa shape index (κ2) is 7.23. The number of carbonyl (C=O) groups is 1. The van der Waals surface area contributed by atoms with Crippen molar-refractivity contribution < 1.29 is 4.79 Å². The van der Waals surface area contributed by atoms with Crippen molar-refractivity contribution in [3.05, 3.63) is 83.4 Å². The Labute approximate surface area is 142 Å². The fourth-order valence-corrected chi connectivity index (χ4v) is 2.94. The van der Waals surface area contributed by atoms with Crippen molar-refractivity contribution in [1.29, 1.82) is 0 Å². The molecule has 0 saturated carbocycles. The third-order valence-corrected chi connectivity index (χ3v) is 4.08. The summed E-state index contributed by atoms with van der Waals surface area (Å²) >= 11 is 0. The van der Waals surface area contributed by atoms with E-state index >= 15 is 0 Å². The molecule has 122 valence electrons. The number of hydrogen-bond acceptors (Lipinski definition) is 3. The molecule has 4 heteroatoms. The molecule has 2 heterocycles. The highest BCUT2D eigenvalue weighted by Crippen LogP contribution is 2.20. The van der Waals surface area contributed by atoms with Crippen LogP contribution in [0.3, 0.4) is 0 Å². The number of hydrogen-bond donors (Lipinski definition) is 1. The van der Waals surface area contributed by atoms with Crippen LogP contribution in [0.25, 0.3) is 5.69 Å². The first kappa shape index (κ1) is 16.1. The second-order valence-electron chi connectivity index (χ2n) is 5.84. The summed E-state index contributed by atoms with van der Waals surface area (Å²) in [5.41, 5.74) is 4.96. The number of ketones is 1. The number of aromatic nitrogens is 2. The smallest absolute Gasteiger partial charge is 0.178 e. The van der Waals surface area contributed by atoms with Crippen LogP contribution in [0.2, 0.25) is 0 Å². The second-order valence-corrected chi connectivity index (χ2v) is 5.84. The lowest BCUT2D eigenvalue weighted by Crippen LogP contribution is -2.23. The number of pyridine rings is 1. The standard InChI is InChI=1S/C20H21N3O/c1-15-11-19(16(2)23(15)18-8-4-3-5-9-18)20(24)14-22-13-17-7-6-10-21-12-17/h3-12,22H,13-14H2,1-2H3. The molecule has 0 aliphatic carbocycles. The SMILES string of the molecule is Cc1cc(C(=O)CNCc2cccnc2)c(C)n1-c1ccccc1. The molecule has 24 heavy (non-hydrogen) atoms. The maximum atomic E-state index is 12.6. The topological polar surface area (TPSA) is 46.9 Å². The summed E-state index contributed by atoms with van der Waals surface area (Å²) in [6.45, 7) is 4.97. The molecule has 0 atom stereocenters. The van der Waals surface area contributed by atoms with E-state index in [1.165, 1.54) is 0 Å². The van der Waals surface area contributed by atoms with Crippen molar-refractivity contribution in [2.24, 2.45) is 0 Å². The molecule has 1 aromatic carbocycles. The zero-order chi connectivity index (χ0) is 16.9. The minimum absolute atomic E-state index is 0.106. The molecular formula is C20H21N3O. The first-order valence-corrected chi connectivity index (χ1v) is 8.04. The molecule has 0 spiro atoms. The lowest BCUT2D eigenvalue weighted by molar-refractivity contribution is 0.0990. The minimum Gasteiger partial charge on any atom is -0.318 e. The summed E-state index contributed by atoms with van der Waals surface area (Å²) < 4.78 is 2.12. The number of nitrogens with zero attached hydrogens (tertiary/aromatic N) is 2. The summed E-state index contributed by atoms with van der Waals surface area (Å²) in [6, 6.07) is 16.0. The number of para-hydroxylation sites is 1. The van der Waals surface area contributed by atoms with Gasteiger partial charge in [-0.3, -0.25) is 9.78 Å². The molecule has 4 nitrogen and oxygen atoms in total. The van der Waals surface area contributed by atoms with Gasteiger partial charge >= 0.3 is 0 Å². The molecule has 3 rings (SSSR count). The Morgan fingerprint density at radius 1 is 1.12 bits per heavy atom. The Hall–Kier alpha value is -2.72. The number of carbonyl (C=O) groups excluding carboxylic acids is 1. The summed E-state index contributed by atoms with van der Waals surface area (Å²) in [4.78, 5) is 16.6. The van der Waals surface area contributed by atoms with Gasteiger partial charge in [-0.15, -0.1) is 0 Å². The molecule has 0 saturated heterocycles. The largest absolute Gasteiger partial charge is 0.318 e. The molecule has 0 fully saturated rings. The van der Waals surface area contributed by atoms with Crippen LogP contribution in [0.15, 0.2) is 60.9 Å². The van der Waals surface area contributed by atoms with Gasteiger partial charge in [-0.1, -0.05) is 24.3 Å². The third-order valence-electron chi connectivity index (χ3n) is 4.08. The molecule has 3 aromatic rings. The Bertz CT molecular complexity index is 823. The van der Waals surface area contributed by atoms with Crippen LogP contribution < -0.4 is 5.32 Å². The van der Waals surface area contributed by atoms with Gasteiger partial charge in [-0.2, -0.15) is 0 Å². The highest BCUT2D eigenvalue weighted by Gasteiger charge is 2.16. The van der Waals surface area contributed by atoms with Gasteiger partial charge in [0, 0.05) is 41.6 Å². The zero-order valence-corrected chi connectivity index (χ0v) is 14.0. The van der Waals surface area contributed by atoms with E-state index in [2.05, 4.69) is 27.0 Å². The average molecular weight is 319 g/mol. The Morgan fingerprint density at radius 3 is 2.62 bits per heavy atom. The van der Waals surface area contributed by atoms with Crippen LogP contribution in [0.1, 0.15) is 27.3 Å². The lowest BCUT2D eigenvalue weighted by atomic mass is 10.1. The normalized spacial score (nSPS) is 10.8. The van der Waals surface area contributed by atoms with E-state index in [9.17, 15) is 4.79 Å². The van der Waals surface area contributed by atoms with Crippen molar-refractivity contribution in [3.63, 3.8) is 0 Å². The van der Waals surface area contributed by atoms with Crippen LogP contribution in [0.4, 0.5) is 0 Å². The van der Waals surface area contributed by atoms with E-state index in [-0.39, 0.29) is 5.78 Å². The molecule has 0 aliphatic heterocycles. The lowest BCUT2D eigenvalue weighted by Gasteiger charge is -2.09. The van der Waals surface area contributed by atoms with Crippen LogP contribution in [-0.2, 0) is 6.54 Å². The Morgan fingerprint density at radius 2 is 1.92 bits per heavy atom. The number of nitrogens with one attached hydrogen (secondary N) is 1. The molecule has 0 amide bonds. The first-order chi connectivity index (χ1) is 11.7. The van der Waals surface area contributed by atoms with Gasteiger partial charge < -0.3 is 9.88 Å². The van der Waals surface area contributed by atoms with Gasteiger partial charge in [0.1, 0.15) is 0 Å². The van der Waals surface area contributed by atoms with Gasteiger partial charge in [0.2, 0.25) is 0 Å². The van der Waals surface area contributed by atoms with Crippen LogP contribution >= 0.6 is 0 Å². The minimum atomic E-state index is 0.106. The number of benzene rings is 1. The van der Waals surface area contributed by atoms with Crippen LogP contribution in [-0.4, -0.2) is 21.9 Å². The molecule has 2 aromatic heterocycles. The van der Waals surface area contributed by atoms with E-state index in [0.29, 0.717) is 13.1 Å². The quantitative estimate of drug-likeness (QED) is 0.708. The maximum Gasteiger partial charge on any atom is 0.178 e. The third kappa shape index (κ3) is 3.44. The predicted molar refractivity (Wildman–Crippen MR) is 95.5 cm³/mol. The molecular weight excluding hydrogens is 298 g/mol. The summed E-state index contributed by atoms with van der Waals surface area (Å²) in [5.74, 6) is 0.106. The Balaban J connectivity index is 1.72. The van der Waals surface area contributed by atoms with Gasteiger partial charge in [-0.05, 0) is 43.7 Å². The molecule has 1 N–H and O–H groups in total. The van der Waals surface area contributed by atoms with Crippen molar-refractivity contribution in [2.75, 3.05) is 6.54 Å². The molecule has 0 radical (unpaired) electrons. The van der Waals surface area contributed by atoms with E-state index in [0.717, 1.165) is 28.2 Å². The fourth-order valence-electron chi connectivity index (χ4n) is 2.94. The molecule has 0 bridgehead atoms. The first-order valence-electron chi connectivity index (χ1n) is 8.04.